The van der Waals surface area contributed by atoms with Crippen LogP contribution in [-0.2, 0) is 16.6 Å². The standard InChI is InChI=1S/C15H20N2O2/c1-19-11-4-5-12-10(7-11)3-2-6-15(12)9-17-8-13(15)14(16)18/h4-5,7,13,17H,2-3,6,8-9H2,1H3,(H2,16,18). The Hall–Kier alpha value is -1.55. The summed E-state index contributed by atoms with van der Waals surface area (Å²) in [6.07, 6.45) is 3.19. The Bertz CT molecular complexity index is 515. The van der Waals surface area contributed by atoms with E-state index in [4.69, 9.17) is 10.5 Å². The number of amides is 1. The highest BCUT2D eigenvalue weighted by molar-refractivity contribution is 5.80. The topological polar surface area (TPSA) is 64.3 Å². The minimum atomic E-state index is -0.186. The van der Waals surface area contributed by atoms with E-state index in [9.17, 15) is 4.79 Å². The molecular formula is C15H20N2O2. The van der Waals surface area contributed by atoms with Gasteiger partial charge >= 0.3 is 0 Å². The number of hydrogen-bond acceptors (Lipinski definition) is 3. The average molecular weight is 260 g/mol. The molecule has 1 aliphatic carbocycles. The van der Waals surface area contributed by atoms with Gasteiger partial charge in [0.25, 0.3) is 0 Å². The summed E-state index contributed by atoms with van der Waals surface area (Å²) in [4.78, 5) is 11.8. The van der Waals surface area contributed by atoms with Gasteiger partial charge in [0, 0.05) is 18.5 Å². The van der Waals surface area contributed by atoms with Crippen molar-refractivity contribution in [2.45, 2.75) is 24.7 Å². The van der Waals surface area contributed by atoms with Crippen molar-refractivity contribution in [2.24, 2.45) is 11.7 Å². The number of carbonyl (C=O) groups is 1. The van der Waals surface area contributed by atoms with Crippen LogP contribution in [0.4, 0.5) is 0 Å². The largest absolute Gasteiger partial charge is 0.497 e. The van der Waals surface area contributed by atoms with Gasteiger partial charge in [-0.25, -0.2) is 0 Å². The van der Waals surface area contributed by atoms with E-state index in [0.717, 1.165) is 31.6 Å². The van der Waals surface area contributed by atoms with Crippen LogP contribution >= 0.6 is 0 Å². The van der Waals surface area contributed by atoms with Crippen molar-refractivity contribution in [1.82, 2.24) is 5.32 Å². The maximum Gasteiger partial charge on any atom is 0.222 e. The van der Waals surface area contributed by atoms with Crippen molar-refractivity contribution in [2.75, 3.05) is 20.2 Å². The van der Waals surface area contributed by atoms with Gasteiger partial charge in [0.2, 0.25) is 5.91 Å². The summed E-state index contributed by atoms with van der Waals surface area (Å²) in [5.41, 5.74) is 8.10. The molecular weight excluding hydrogens is 240 g/mol. The molecule has 0 saturated carbocycles. The molecule has 4 heteroatoms. The molecule has 3 rings (SSSR count). The number of methoxy groups -OCH3 is 1. The van der Waals surface area contributed by atoms with Crippen LogP contribution in [0.1, 0.15) is 24.0 Å². The first kappa shape index (κ1) is 12.5. The molecule has 1 saturated heterocycles. The van der Waals surface area contributed by atoms with Crippen LogP contribution < -0.4 is 15.8 Å². The Labute approximate surface area is 113 Å². The predicted molar refractivity (Wildman–Crippen MR) is 73.2 cm³/mol. The number of aryl methyl sites for hydroxylation is 1. The van der Waals surface area contributed by atoms with Gasteiger partial charge in [0.1, 0.15) is 5.75 Å². The molecule has 0 aromatic heterocycles. The molecule has 1 spiro atoms. The zero-order valence-corrected chi connectivity index (χ0v) is 11.2. The van der Waals surface area contributed by atoms with E-state index in [2.05, 4.69) is 17.4 Å². The second-order valence-corrected chi connectivity index (χ2v) is 5.62. The number of carbonyl (C=O) groups excluding carboxylic acids is 1. The third kappa shape index (κ3) is 1.82. The van der Waals surface area contributed by atoms with Crippen LogP contribution in [0.5, 0.6) is 5.75 Å². The summed E-state index contributed by atoms with van der Waals surface area (Å²) < 4.78 is 5.30. The van der Waals surface area contributed by atoms with Crippen molar-refractivity contribution >= 4 is 5.91 Å². The van der Waals surface area contributed by atoms with E-state index in [-0.39, 0.29) is 17.2 Å². The maximum absolute atomic E-state index is 11.8. The lowest BCUT2D eigenvalue weighted by molar-refractivity contribution is -0.123. The van der Waals surface area contributed by atoms with Gasteiger partial charge in [0.05, 0.1) is 13.0 Å². The summed E-state index contributed by atoms with van der Waals surface area (Å²) in [6.45, 7) is 1.54. The molecule has 19 heavy (non-hydrogen) atoms. The second-order valence-electron chi connectivity index (χ2n) is 5.62. The molecule has 0 bridgehead atoms. The summed E-state index contributed by atoms with van der Waals surface area (Å²) >= 11 is 0. The molecule has 1 amide bonds. The number of nitrogens with two attached hydrogens (primary N) is 1. The molecule has 1 aromatic carbocycles. The van der Waals surface area contributed by atoms with Crippen LogP contribution in [0.15, 0.2) is 18.2 Å². The second kappa shape index (κ2) is 4.53. The highest BCUT2D eigenvalue weighted by Crippen LogP contribution is 2.45. The number of benzene rings is 1. The molecule has 0 radical (unpaired) electrons. The van der Waals surface area contributed by atoms with E-state index in [1.54, 1.807) is 7.11 Å². The lowest BCUT2D eigenvalue weighted by atomic mass is 9.64. The Morgan fingerprint density at radius 2 is 2.37 bits per heavy atom. The van der Waals surface area contributed by atoms with Gasteiger partial charge in [-0.1, -0.05) is 6.07 Å². The lowest BCUT2D eigenvalue weighted by Gasteiger charge is -2.39. The Morgan fingerprint density at radius 1 is 1.53 bits per heavy atom. The minimum absolute atomic E-state index is 0.0973. The first-order chi connectivity index (χ1) is 9.17. The number of rotatable bonds is 2. The molecule has 102 valence electrons. The average Bonchev–Trinajstić information content (AvgIpc) is 2.83. The SMILES string of the molecule is COc1ccc2c(c1)CCCC21CNCC1C(N)=O. The van der Waals surface area contributed by atoms with E-state index >= 15 is 0 Å². The van der Waals surface area contributed by atoms with Crippen molar-refractivity contribution in [3.63, 3.8) is 0 Å². The molecule has 1 aromatic rings. The van der Waals surface area contributed by atoms with Gasteiger partial charge < -0.3 is 15.8 Å². The van der Waals surface area contributed by atoms with E-state index in [0.29, 0.717) is 6.54 Å². The van der Waals surface area contributed by atoms with Crippen LogP contribution in [0.25, 0.3) is 0 Å². The first-order valence-corrected chi connectivity index (χ1v) is 6.85. The van der Waals surface area contributed by atoms with Crippen LogP contribution in [0, 0.1) is 5.92 Å². The number of primary amides is 1. The van der Waals surface area contributed by atoms with Crippen molar-refractivity contribution < 1.29 is 9.53 Å². The van der Waals surface area contributed by atoms with Crippen molar-refractivity contribution in [3.8, 4) is 5.75 Å². The van der Waals surface area contributed by atoms with Crippen LogP contribution in [0.2, 0.25) is 0 Å². The van der Waals surface area contributed by atoms with Crippen LogP contribution in [0.3, 0.4) is 0 Å². The highest BCUT2D eigenvalue weighted by atomic mass is 16.5. The quantitative estimate of drug-likeness (QED) is 0.833. The monoisotopic (exact) mass is 260 g/mol. The van der Waals surface area contributed by atoms with E-state index < -0.39 is 0 Å². The first-order valence-electron chi connectivity index (χ1n) is 6.85. The molecule has 1 aliphatic heterocycles. The van der Waals surface area contributed by atoms with E-state index in [1.165, 1.54) is 11.1 Å². The fraction of sp³-hybridized carbons (Fsp3) is 0.533. The Morgan fingerprint density at radius 3 is 3.11 bits per heavy atom. The molecule has 2 unspecified atom stereocenters. The lowest BCUT2D eigenvalue weighted by Crippen LogP contribution is -2.44. The Balaban J connectivity index is 2.09. The summed E-state index contributed by atoms with van der Waals surface area (Å²) in [5.74, 6) is 0.603. The highest BCUT2D eigenvalue weighted by Gasteiger charge is 2.49. The molecule has 1 fully saturated rings. The fourth-order valence-electron chi connectivity index (χ4n) is 3.80. The number of ether oxygens (including phenoxy) is 1. The fourth-order valence-corrected chi connectivity index (χ4v) is 3.80. The molecule has 4 nitrogen and oxygen atoms in total. The summed E-state index contributed by atoms with van der Waals surface area (Å²) in [5, 5.41) is 3.35. The van der Waals surface area contributed by atoms with Gasteiger partial charge in [-0.3, -0.25) is 4.79 Å². The number of nitrogens with one attached hydrogen (secondary N) is 1. The maximum atomic E-state index is 11.8. The molecule has 2 aliphatic rings. The van der Waals surface area contributed by atoms with E-state index in [1.807, 2.05) is 6.07 Å². The third-order valence-electron chi connectivity index (χ3n) is 4.72. The molecule has 3 N–H and O–H groups in total. The third-order valence-corrected chi connectivity index (χ3v) is 4.72. The van der Waals surface area contributed by atoms with Crippen LogP contribution in [-0.4, -0.2) is 26.1 Å². The predicted octanol–water partition coefficient (Wildman–Crippen LogP) is 0.974. The van der Waals surface area contributed by atoms with Gasteiger partial charge in [0.15, 0.2) is 0 Å². The number of fused-ring (bicyclic) bond motifs is 2. The van der Waals surface area contributed by atoms with Gasteiger partial charge in [-0.2, -0.15) is 0 Å². The molecule has 2 atom stereocenters. The van der Waals surface area contributed by atoms with Crippen molar-refractivity contribution in [1.29, 1.82) is 0 Å². The zero-order valence-electron chi connectivity index (χ0n) is 11.2. The zero-order chi connectivity index (χ0) is 13.5. The minimum Gasteiger partial charge on any atom is -0.497 e. The summed E-state index contributed by atoms with van der Waals surface area (Å²) in [7, 11) is 1.68. The van der Waals surface area contributed by atoms with Gasteiger partial charge in [-0.15, -0.1) is 0 Å². The normalized spacial score (nSPS) is 29.2. The molecule has 1 heterocycles. The summed E-state index contributed by atoms with van der Waals surface area (Å²) in [6, 6.07) is 6.21. The van der Waals surface area contributed by atoms with Crippen molar-refractivity contribution in [3.05, 3.63) is 29.3 Å². The smallest absolute Gasteiger partial charge is 0.222 e. The van der Waals surface area contributed by atoms with Gasteiger partial charge in [-0.05, 0) is 42.5 Å². The Kier molecular flexibility index (Phi) is 2.97. The number of hydrogen-bond donors (Lipinski definition) is 2.